The van der Waals surface area contributed by atoms with Crippen molar-refractivity contribution in [2.75, 3.05) is 6.61 Å². The van der Waals surface area contributed by atoms with Crippen molar-refractivity contribution in [2.45, 2.75) is 60.0 Å². The number of hydrogen-bond acceptors (Lipinski definition) is 3. The van der Waals surface area contributed by atoms with Gasteiger partial charge in [0.05, 0.1) is 13.0 Å². The summed E-state index contributed by atoms with van der Waals surface area (Å²) in [5.74, 6) is -1.10. The van der Waals surface area contributed by atoms with E-state index in [1.807, 2.05) is 52.0 Å². The number of carbonyl (C=O) groups excluding carboxylic acids is 1. The Labute approximate surface area is 210 Å². The van der Waals surface area contributed by atoms with E-state index in [9.17, 15) is 14.7 Å². The molecular formula is C30H30FNO4. The van der Waals surface area contributed by atoms with Crippen LogP contribution in [0.2, 0.25) is 0 Å². The topological polar surface area (TPSA) is 66.8 Å². The van der Waals surface area contributed by atoms with Crippen LogP contribution in [0, 0.1) is 33.5 Å². The number of carboxylic acid groups (broad SMARTS) is 1. The van der Waals surface area contributed by atoms with Crippen LogP contribution in [0.3, 0.4) is 0 Å². The van der Waals surface area contributed by atoms with Gasteiger partial charge in [-0.3, -0.25) is 9.59 Å². The number of rotatable bonds is 4. The monoisotopic (exact) mass is 487 g/mol. The number of aliphatic carboxylic acids is 1. The molecule has 2 aliphatic heterocycles. The van der Waals surface area contributed by atoms with Crippen molar-refractivity contribution in [3.63, 3.8) is 0 Å². The van der Waals surface area contributed by atoms with E-state index in [0.717, 1.165) is 57.3 Å². The first kappa shape index (κ1) is 24.0. The highest BCUT2D eigenvalue weighted by atomic mass is 19.1. The number of nitrogens with zero attached hydrogens (tertiary/aromatic N) is 1. The SMILES string of the molecule is Cc1ccc(C(=O)N2Cc3c(C)c(CC(=O)O)c(-c4cc(F)c5c(c4C)CCCO5)c(C)c3C2)cc1. The average molecular weight is 488 g/mol. The van der Waals surface area contributed by atoms with Gasteiger partial charge in [-0.25, -0.2) is 4.39 Å². The molecular weight excluding hydrogens is 457 g/mol. The second kappa shape index (κ2) is 9.08. The molecule has 0 saturated heterocycles. The number of carboxylic acids is 1. The molecule has 0 spiro atoms. The first-order valence-corrected chi connectivity index (χ1v) is 12.3. The summed E-state index contributed by atoms with van der Waals surface area (Å²) in [7, 11) is 0. The van der Waals surface area contributed by atoms with Gasteiger partial charge in [0, 0.05) is 24.2 Å². The molecule has 3 aromatic carbocycles. The number of fused-ring (bicyclic) bond motifs is 2. The lowest BCUT2D eigenvalue weighted by Crippen LogP contribution is -2.25. The summed E-state index contributed by atoms with van der Waals surface area (Å²) in [5, 5.41) is 9.77. The molecule has 2 heterocycles. The van der Waals surface area contributed by atoms with Crippen LogP contribution < -0.4 is 4.74 Å². The average Bonchev–Trinajstić information content (AvgIpc) is 3.31. The van der Waals surface area contributed by atoms with E-state index in [2.05, 4.69) is 0 Å². The number of ether oxygens (including phenoxy) is 1. The summed E-state index contributed by atoms with van der Waals surface area (Å²) in [4.78, 5) is 27.0. The highest BCUT2D eigenvalue weighted by Gasteiger charge is 2.32. The van der Waals surface area contributed by atoms with Gasteiger partial charge in [0.2, 0.25) is 0 Å². The number of halogens is 1. The van der Waals surface area contributed by atoms with E-state index >= 15 is 4.39 Å². The van der Waals surface area contributed by atoms with E-state index in [4.69, 9.17) is 4.74 Å². The third-order valence-electron chi connectivity index (χ3n) is 7.72. The normalized spacial score (nSPS) is 14.3. The predicted molar refractivity (Wildman–Crippen MR) is 136 cm³/mol. The minimum Gasteiger partial charge on any atom is -0.490 e. The molecule has 0 atom stereocenters. The summed E-state index contributed by atoms with van der Waals surface area (Å²) in [6, 6.07) is 9.01. The molecule has 0 aromatic heterocycles. The zero-order valence-corrected chi connectivity index (χ0v) is 21.1. The largest absolute Gasteiger partial charge is 0.490 e. The third-order valence-corrected chi connectivity index (χ3v) is 7.72. The van der Waals surface area contributed by atoms with Crippen LogP contribution in [-0.2, 0) is 30.7 Å². The quantitative estimate of drug-likeness (QED) is 0.503. The molecule has 1 amide bonds. The smallest absolute Gasteiger partial charge is 0.307 e. The zero-order chi connectivity index (χ0) is 25.7. The van der Waals surface area contributed by atoms with Gasteiger partial charge in [0.25, 0.3) is 5.91 Å². The molecule has 3 aromatic rings. The second-order valence-electron chi connectivity index (χ2n) is 9.95. The van der Waals surface area contributed by atoms with Gasteiger partial charge < -0.3 is 14.7 Å². The van der Waals surface area contributed by atoms with Gasteiger partial charge in [-0.15, -0.1) is 0 Å². The molecule has 5 rings (SSSR count). The maximum absolute atomic E-state index is 15.2. The van der Waals surface area contributed by atoms with Crippen molar-refractivity contribution in [2.24, 2.45) is 0 Å². The van der Waals surface area contributed by atoms with Crippen molar-refractivity contribution in [1.82, 2.24) is 4.90 Å². The highest BCUT2D eigenvalue weighted by molar-refractivity contribution is 5.95. The lowest BCUT2D eigenvalue weighted by atomic mass is 9.81. The van der Waals surface area contributed by atoms with E-state index < -0.39 is 11.8 Å². The molecule has 5 nitrogen and oxygen atoms in total. The summed E-state index contributed by atoms with van der Waals surface area (Å²) < 4.78 is 20.8. The van der Waals surface area contributed by atoms with Gasteiger partial charge in [-0.05, 0) is 103 Å². The fourth-order valence-electron chi connectivity index (χ4n) is 5.74. The predicted octanol–water partition coefficient (Wildman–Crippen LogP) is 5.83. The molecule has 0 fully saturated rings. The summed E-state index contributed by atoms with van der Waals surface area (Å²) in [6.07, 6.45) is 1.37. The third kappa shape index (κ3) is 3.94. The Bertz CT molecular complexity index is 1410. The lowest BCUT2D eigenvalue weighted by Gasteiger charge is -2.25. The molecule has 36 heavy (non-hydrogen) atoms. The van der Waals surface area contributed by atoms with Crippen LogP contribution in [0.1, 0.15) is 61.3 Å². The number of carbonyl (C=O) groups is 2. The molecule has 0 radical (unpaired) electrons. The Morgan fingerprint density at radius 3 is 2.31 bits per heavy atom. The maximum atomic E-state index is 15.2. The van der Waals surface area contributed by atoms with Crippen molar-refractivity contribution >= 4 is 11.9 Å². The molecule has 0 aliphatic carbocycles. The van der Waals surface area contributed by atoms with Crippen LogP contribution in [0.15, 0.2) is 30.3 Å². The Hall–Kier alpha value is -3.67. The van der Waals surface area contributed by atoms with Crippen molar-refractivity contribution < 1.29 is 23.8 Å². The lowest BCUT2D eigenvalue weighted by molar-refractivity contribution is -0.136. The maximum Gasteiger partial charge on any atom is 0.307 e. The minimum absolute atomic E-state index is 0.0560. The van der Waals surface area contributed by atoms with Gasteiger partial charge in [0.15, 0.2) is 11.6 Å². The number of hydrogen-bond donors (Lipinski definition) is 1. The Morgan fingerprint density at radius 2 is 1.64 bits per heavy atom. The molecule has 6 heteroatoms. The van der Waals surface area contributed by atoms with Gasteiger partial charge in [-0.1, -0.05) is 17.7 Å². The molecule has 1 N–H and O–H groups in total. The van der Waals surface area contributed by atoms with Crippen LogP contribution in [-0.4, -0.2) is 28.5 Å². The Morgan fingerprint density at radius 1 is 0.972 bits per heavy atom. The fourth-order valence-corrected chi connectivity index (χ4v) is 5.74. The summed E-state index contributed by atoms with van der Waals surface area (Å²) in [6.45, 7) is 9.18. The fraction of sp³-hybridized carbons (Fsp3) is 0.333. The zero-order valence-electron chi connectivity index (χ0n) is 21.1. The Balaban J connectivity index is 1.65. The van der Waals surface area contributed by atoms with Gasteiger partial charge in [0.1, 0.15) is 0 Å². The molecule has 2 aliphatic rings. The van der Waals surface area contributed by atoms with E-state index in [1.54, 1.807) is 4.90 Å². The van der Waals surface area contributed by atoms with Crippen molar-refractivity contribution in [3.8, 4) is 16.9 Å². The molecule has 0 saturated carbocycles. The molecule has 186 valence electrons. The second-order valence-corrected chi connectivity index (χ2v) is 9.95. The summed E-state index contributed by atoms with van der Waals surface area (Å²) >= 11 is 0. The first-order valence-electron chi connectivity index (χ1n) is 12.3. The van der Waals surface area contributed by atoms with Crippen LogP contribution in [0.4, 0.5) is 4.39 Å². The van der Waals surface area contributed by atoms with E-state index in [1.165, 1.54) is 6.07 Å². The molecule has 0 bridgehead atoms. The summed E-state index contributed by atoms with van der Waals surface area (Å²) in [5.41, 5.74) is 9.43. The van der Waals surface area contributed by atoms with E-state index in [-0.39, 0.29) is 12.3 Å². The van der Waals surface area contributed by atoms with Crippen LogP contribution in [0.5, 0.6) is 5.75 Å². The first-order chi connectivity index (χ1) is 17.2. The highest BCUT2D eigenvalue weighted by Crippen LogP contribution is 2.44. The number of amides is 1. The van der Waals surface area contributed by atoms with Crippen LogP contribution in [0.25, 0.3) is 11.1 Å². The minimum atomic E-state index is -0.941. The van der Waals surface area contributed by atoms with E-state index in [0.29, 0.717) is 42.1 Å². The van der Waals surface area contributed by atoms with Crippen molar-refractivity contribution in [3.05, 3.63) is 86.2 Å². The standard InChI is InChI=1S/C30H30FNO4/c1-16-7-9-20(10-8-16)30(35)32-14-24-18(3)23(13-27(33)34)28(19(4)25(24)15-32)22-12-26(31)29-21(17(22)2)6-5-11-36-29/h7-10,12H,5-6,11,13-15H2,1-4H3,(H,33,34). The number of benzene rings is 3. The number of aryl methyl sites for hydroxylation is 1. The molecule has 0 unspecified atom stereocenters. The van der Waals surface area contributed by atoms with Crippen LogP contribution >= 0.6 is 0 Å². The van der Waals surface area contributed by atoms with Gasteiger partial charge in [-0.2, -0.15) is 0 Å². The van der Waals surface area contributed by atoms with Crippen molar-refractivity contribution in [1.29, 1.82) is 0 Å². The Kier molecular flexibility index (Phi) is 6.07. The van der Waals surface area contributed by atoms with Gasteiger partial charge >= 0.3 is 5.97 Å².